The first kappa shape index (κ1) is 25.7. The Hall–Kier alpha value is -1.33. The van der Waals surface area contributed by atoms with Crippen molar-refractivity contribution >= 4 is 58.6 Å². The lowest BCUT2D eigenvalue weighted by molar-refractivity contribution is -0.277. The predicted molar refractivity (Wildman–Crippen MR) is 100 cm³/mol. The van der Waals surface area contributed by atoms with Crippen LogP contribution >= 0.6 is 34.8 Å². The standard InChI is InChI=1S/C16H22Cl3NO9/c1-7(21)20-12-14(28-10(4)24)13(27-9(3)23)11(5-25-8(2)22)29-15(12)26-6-16(17,18)19/h11-15H,5-6H2,1-4H3,(H,20,21)/t11-,12-,13-,14-,15+/m1/s1. The molecule has 0 aromatic carbocycles. The van der Waals surface area contributed by atoms with Crippen LogP contribution in [0.4, 0.5) is 0 Å². The lowest BCUT2D eigenvalue weighted by atomic mass is 9.96. The number of alkyl halides is 3. The first-order valence-corrected chi connectivity index (χ1v) is 9.52. The number of rotatable bonds is 7. The summed E-state index contributed by atoms with van der Waals surface area (Å²) in [6.07, 6.45) is -4.85. The number of halogens is 3. The van der Waals surface area contributed by atoms with Crippen LogP contribution in [0.25, 0.3) is 0 Å². The SMILES string of the molecule is CC(=O)N[C@H]1[C@@H](OCC(Cl)(Cl)Cl)O[C@H](COC(C)=O)[C@@H](OC(C)=O)[C@@H]1OC(C)=O. The van der Waals surface area contributed by atoms with Gasteiger partial charge in [0, 0.05) is 27.7 Å². The number of hydrogen-bond donors (Lipinski definition) is 1. The number of hydrogen-bond acceptors (Lipinski definition) is 9. The van der Waals surface area contributed by atoms with E-state index in [0.717, 1.165) is 13.8 Å². The number of esters is 3. The summed E-state index contributed by atoms with van der Waals surface area (Å²) in [5.74, 6) is -2.58. The van der Waals surface area contributed by atoms with Crippen molar-refractivity contribution in [3.05, 3.63) is 0 Å². The first-order chi connectivity index (χ1) is 13.3. The molecule has 1 rings (SSSR count). The molecule has 0 spiro atoms. The summed E-state index contributed by atoms with van der Waals surface area (Å²) in [6, 6.07) is -1.12. The summed E-state index contributed by atoms with van der Waals surface area (Å²) in [7, 11) is 0. The van der Waals surface area contributed by atoms with Crippen LogP contribution < -0.4 is 5.32 Å². The van der Waals surface area contributed by atoms with E-state index in [9.17, 15) is 19.2 Å². The molecule has 1 N–H and O–H groups in total. The molecule has 1 fully saturated rings. The first-order valence-electron chi connectivity index (χ1n) is 8.39. The van der Waals surface area contributed by atoms with E-state index in [1.165, 1.54) is 13.8 Å². The fourth-order valence-corrected chi connectivity index (χ4v) is 2.80. The van der Waals surface area contributed by atoms with Gasteiger partial charge in [-0.2, -0.15) is 0 Å². The number of carbonyl (C=O) groups excluding carboxylic acids is 4. The van der Waals surface area contributed by atoms with E-state index < -0.39 is 64.9 Å². The minimum Gasteiger partial charge on any atom is -0.463 e. The van der Waals surface area contributed by atoms with Gasteiger partial charge >= 0.3 is 17.9 Å². The zero-order valence-corrected chi connectivity index (χ0v) is 18.4. The fraction of sp³-hybridized carbons (Fsp3) is 0.750. The molecule has 10 nitrogen and oxygen atoms in total. The van der Waals surface area contributed by atoms with Crippen molar-refractivity contribution in [3.8, 4) is 0 Å². The Morgan fingerprint density at radius 2 is 1.48 bits per heavy atom. The average Bonchev–Trinajstić information content (AvgIpc) is 2.53. The molecule has 0 unspecified atom stereocenters. The zero-order valence-electron chi connectivity index (χ0n) is 16.1. The summed E-state index contributed by atoms with van der Waals surface area (Å²) in [6.45, 7) is 3.85. The van der Waals surface area contributed by atoms with Crippen LogP contribution in [-0.2, 0) is 42.9 Å². The molecule has 13 heteroatoms. The number of carbonyl (C=O) groups is 4. The van der Waals surface area contributed by atoms with Gasteiger partial charge in [-0.05, 0) is 0 Å². The average molecular weight is 479 g/mol. The molecule has 0 saturated carbocycles. The van der Waals surface area contributed by atoms with Crippen molar-refractivity contribution in [2.24, 2.45) is 0 Å². The van der Waals surface area contributed by atoms with Gasteiger partial charge in [0.2, 0.25) is 9.70 Å². The topological polar surface area (TPSA) is 126 Å². The van der Waals surface area contributed by atoms with E-state index in [2.05, 4.69) is 5.32 Å². The molecule has 1 saturated heterocycles. The van der Waals surface area contributed by atoms with Crippen LogP contribution in [0.3, 0.4) is 0 Å². The number of nitrogens with one attached hydrogen (secondary N) is 1. The van der Waals surface area contributed by atoms with Crippen LogP contribution in [0.1, 0.15) is 27.7 Å². The fourth-order valence-electron chi connectivity index (χ4n) is 2.61. The Morgan fingerprint density at radius 1 is 0.931 bits per heavy atom. The van der Waals surface area contributed by atoms with E-state index >= 15 is 0 Å². The molecule has 1 amide bonds. The smallest absolute Gasteiger partial charge is 0.303 e. The van der Waals surface area contributed by atoms with Gasteiger partial charge in [-0.25, -0.2) is 0 Å². The minimum atomic E-state index is -1.81. The van der Waals surface area contributed by atoms with Crippen LogP contribution in [0, 0.1) is 0 Å². The quantitative estimate of drug-likeness (QED) is 0.324. The molecular weight excluding hydrogens is 457 g/mol. The summed E-state index contributed by atoms with van der Waals surface area (Å²) in [4.78, 5) is 46.2. The normalized spacial score (nSPS) is 26.9. The molecule has 0 radical (unpaired) electrons. The molecule has 166 valence electrons. The lowest BCUT2D eigenvalue weighted by Gasteiger charge is -2.45. The molecule has 0 aromatic rings. The second-order valence-corrected chi connectivity index (χ2v) is 8.66. The van der Waals surface area contributed by atoms with E-state index in [0.29, 0.717) is 0 Å². The Bertz CT molecular complexity index is 625. The van der Waals surface area contributed by atoms with Crippen molar-refractivity contribution < 1.29 is 42.9 Å². The highest BCUT2D eigenvalue weighted by Crippen LogP contribution is 2.31. The van der Waals surface area contributed by atoms with E-state index in [1.54, 1.807) is 0 Å². The molecule has 29 heavy (non-hydrogen) atoms. The third-order valence-electron chi connectivity index (χ3n) is 3.48. The van der Waals surface area contributed by atoms with Gasteiger partial charge in [-0.15, -0.1) is 0 Å². The largest absolute Gasteiger partial charge is 0.463 e. The highest BCUT2D eigenvalue weighted by molar-refractivity contribution is 6.67. The lowest BCUT2D eigenvalue weighted by Crippen LogP contribution is -2.66. The van der Waals surface area contributed by atoms with Gasteiger partial charge in [0.1, 0.15) is 18.8 Å². The van der Waals surface area contributed by atoms with Gasteiger partial charge in [-0.3, -0.25) is 19.2 Å². The maximum Gasteiger partial charge on any atom is 0.303 e. The summed E-state index contributed by atoms with van der Waals surface area (Å²) in [5.41, 5.74) is 0. The van der Waals surface area contributed by atoms with Gasteiger partial charge in [-0.1, -0.05) is 34.8 Å². The maximum absolute atomic E-state index is 11.7. The van der Waals surface area contributed by atoms with Crippen LogP contribution in [0.5, 0.6) is 0 Å². The van der Waals surface area contributed by atoms with Crippen molar-refractivity contribution in [2.75, 3.05) is 13.2 Å². The van der Waals surface area contributed by atoms with E-state index in [4.69, 9.17) is 58.5 Å². The molecular formula is C16H22Cl3NO9. The Morgan fingerprint density at radius 3 is 1.93 bits per heavy atom. The van der Waals surface area contributed by atoms with Gasteiger partial charge in [0.25, 0.3) is 0 Å². The van der Waals surface area contributed by atoms with Gasteiger partial charge < -0.3 is 29.0 Å². The molecule has 1 aliphatic rings. The molecule has 0 aliphatic carbocycles. The number of amides is 1. The van der Waals surface area contributed by atoms with Crippen molar-refractivity contribution in [1.29, 1.82) is 0 Å². The van der Waals surface area contributed by atoms with Gasteiger partial charge in [0.15, 0.2) is 18.5 Å². The highest BCUT2D eigenvalue weighted by Gasteiger charge is 2.51. The molecule has 1 heterocycles. The highest BCUT2D eigenvalue weighted by atomic mass is 35.6. The Kier molecular flexibility index (Phi) is 9.90. The minimum absolute atomic E-state index is 0.356. The zero-order chi connectivity index (χ0) is 22.4. The second kappa shape index (κ2) is 11.2. The molecule has 0 aromatic heterocycles. The van der Waals surface area contributed by atoms with Crippen LogP contribution in [0.15, 0.2) is 0 Å². The molecule has 5 atom stereocenters. The van der Waals surface area contributed by atoms with Gasteiger partial charge in [0.05, 0.1) is 6.61 Å². The summed E-state index contributed by atoms with van der Waals surface area (Å²) < 4.78 is 24.8. The third-order valence-corrected chi connectivity index (χ3v) is 3.81. The third kappa shape index (κ3) is 9.35. The van der Waals surface area contributed by atoms with E-state index in [-0.39, 0.29) is 6.61 Å². The van der Waals surface area contributed by atoms with E-state index in [1.807, 2.05) is 0 Å². The Balaban J connectivity index is 3.28. The number of ether oxygens (including phenoxy) is 5. The Labute approximate surface area is 182 Å². The van der Waals surface area contributed by atoms with Crippen LogP contribution in [0.2, 0.25) is 0 Å². The van der Waals surface area contributed by atoms with Crippen LogP contribution in [-0.4, -0.2) is 71.5 Å². The maximum atomic E-state index is 11.7. The van der Waals surface area contributed by atoms with Crippen molar-refractivity contribution in [1.82, 2.24) is 5.32 Å². The summed E-state index contributed by atoms with van der Waals surface area (Å²) in [5, 5.41) is 2.52. The second-order valence-electron chi connectivity index (χ2n) is 6.15. The van der Waals surface area contributed by atoms with Crippen molar-refractivity contribution in [3.63, 3.8) is 0 Å². The molecule has 1 aliphatic heterocycles. The predicted octanol–water partition coefficient (Wildman–Crippen LogP) is 1.03. The summed E-state index contributed by atoms with van der Waals surface area (Å²) >= 11 is 17.1. The monoisotopic (exact) mass is 477 g/mol. The van der Waals surface area contributed by atoms with Crippen molar-refractivity contribution in [2.45, 2.75) is 62.1 Å². The molecule has 0 bridgehead atoms.